The van der Waals surface area contributed by atoms with Gasteiger partial charge in [0.1, 0.15) is 10.8 Å². The Bertz CT molecular complexity index is 1070. The first kappa shape index (κ1) is 19.8. The Labute approximate surface area is 175 Å². The molecule has 2 amide bonds. The van der Waals surface area contributed by atoms with E-state index in [9.17, 15) is 14.0 Å². The monoisotopic (exact) mass is 428 g/mol. The fraction of sp³-hybridized carbons (Fsp3) is 0.200. The minimum Gasteiger partial charge on any atom is -0.454 e. The Kier molecular flexibility index (Phi) is 5.84. The van der Waals surface area contributed by atoms with Crippen LogP contribution in [-0.4, -0.2) is 28.8 Å². The number of nitrogens with one attached hydrogen (secondary N) is 2. The maximum absolute atomic E-state index is 12.9. The highest BCUT2D eigenvalue weighted by molar-refractivity contribution is 7.13. The molecule has 10 heteroatoms. The second-order valence-corrected chi connectivity index (χ2v) is 7.49. The molecule has 4 rings (SSSR count). The topological polar surface area (TPSA) is 102 Å². The van der Waals surface area contributed by atoms with Crippen LogP contribution in [0.3, 0.4) is 0 Å². The summed E-state index contributed by atoms with van der Waals surface area (Å²) in [7, 11) is 0. The summed E-state index contributed by atoms with van der Waals surface area (Å²) in [5, 5.41) is 14.0. The molecule has 2 aromatic carbocycles. The van der Waals surface area contributed by atoms with Gasteiger partial charge in [-0.05, 0) is 42.0 Å². The van der Waals surface area contributed by atoms with E-state index < -0.39 is 5.91 Å². The maximum atomic E-state index is 12.9. The Morgan fingerprint density at radius 3 is 2.70 bits per heavy atom. The molecule has 0 fully saturated rings. The molecule has 0 saturated carbocycles. The Morgan fingerprint density at radius 1 is 1.07 bits per heavy atom. The highest BCUT2D eigenvalue weighted by Gasteiger charge is 2.15. The number of rotatable bonds is 7. The van der Waals surface area contributed by atoms with Crippen molar-refractivity contribution in [2.45, 2.75) is 19.4 Å². The summed E-state index contributed by atoms with van der Waals surface area (Å²) in [6.45, 7) is 0.577. The quantitative estimate of drug-likeness (QED) is 0.600. The van der Waals surface area contributed by atoms with Crippen molar-refractivity contribution in [1.29, 1.82) is 0 Å². The molecule has 3 aromatic rings. The third-order valence-corrected chi connectivity index (χ3v) is 5.24. The van der Waals surface area contributed by atoms with Gasteiger partial charge in [-0.1, -0.05) is 17.4 Å². The number of anilines is 1. The van der Waals surface area contributed by atoms with Gasteiger partial charge in [0, 0.05) is 25.1 Å². The molecule has 0 unspecified atom stereocenters. The molecule has 0 bridgehead atoms. The van der Waals surface area contributed by atoms with Crippen LogP contribution in [0, 0.1) is 5.82 Å². The molecule has 0 spiro atoms. The molecule has 0 saturated heterocycles. The molecule has 30 heavy (non-hydrogen) atoms. The van der Waals surface area contributed by atoms with Gasteiger partial charge in [-0.25, -0.2) is 4.39 Å². The lowest BCUT2D eigenvalue weighted by molar-refractivity contribution is -0.121. The highest BCUT2D eigenvalue weighted by Crippen LogP contribution is 2.32. The number of benzene rings is 2. The molecule has 1 aliphatic rings. The van der Waals surface area contributed by atoms with Gasteiger partial charge in [-0.2, -0.15) is 0 Å². The van der Waals surface area contributed by atoms with Crippen molar-refractivity contribution in [3.63, 3.8) is 0 Å². The van der Waals surface area contributed by atoms with Gasteiger partial charge in [-0.15, -0.1) is 10.2 Å². The summed E-state index contributed by atoms with van der Waals surface area (Å²) >= 11 is 1.11. The van der Waals surface area contributed by atoms with Crippen LogP contribution in [0.4, 0.5) is 10.1 Å². The van der Waals surface area contributed by atoms with Gasteiger partial charge >= 0.3 is 0 Å². The fourth-order valence-electron chi connectivity index (χ4n) is 2.72. The Morgan fingerprint density at radius 2 is 1.87 bits per heavy atom. The standard InChI is InChI=1S/C20H17FN4O4S/c21-13-2-4-14(5-3-13)23-19(27)20-25-24-18(30-20)8-7-17(26)22-10-12-1-6-15-16(9-12)29-11-28-15/h1-6,9H,7-8,10-11H2,(H,22,26)(H,23,27). The highest BCUT2D eigenvalue weighted by atomic mass is 32.1. The van der Waals surface area contributed by atoms with Crippen LogP contribution >= 0.6 is 11.3 Å². The van der Waals surface area contributed by atoms with Crippen LogP contribution in [0.2, 0.25) is 0 Å². The Hall–Kier alpha value is -3.53. The summed E-state index contributed by atoms with van der Waals surface area (Å²) in [4.78, 5) is 24.3. The van der Waals surface area contributed by atoms with Crippen LogP contribution in [-0.2, 0) is 17.8 Å². The molecular formula is C20H17FN4O4S. The zero-order valence-electron chi connectivity index (χ0n) is 15.7. The predicted octanol–water partition coefficient (Wildman–Crippen LogP) is 2.91. The largest absolute Gasteiger partial charge is 0.454 e. The lowest BCUT2D eigenvalue weighted by Crippen LogP contribution is -2.22. The number of aryl methyl sites for hydroxylation is 1. The molecule has 0 aliphatic carbocycles. The minimum absolute atomic E-state index is 0.139. The normalized spacial score (nSPS) is 11.9. The first-order valence-corrected chi connectivity index (χ1v) is 9.93. The van der Waals surface area contributed by atoms with Gasteiger partial charge in [0.25, 0.3) is 5.91 Å². The lowest BCUT2D eigenvalue weighted by Gasteiger charge is -2.05. The Balaban J connectivity index is 1.24. The van der Waals surface area contributed by atoms with E-state index in [0.717, 1.165) is 16.9 Å². The van der Waals surface area contributed by atoms with Crippen LogP contribution in [0.1, 0.15) is 26.8 Å². The molecule has 2 N–H and O–H groups in total. The second-order valence-electron chi connectivity index (χ2n) is 6.43. The maximum Gasteiger partial charge on any atom is 0.286 e. The number of hydrogen-bond donors (Lipinski definition) is 2. The third kappa shape index (κ3) is 4.90. The number of ether oxygens (including phenoxy) is 2. The van der Waals surface area contributed by atoms with Crippen molar-refractivity contribution in [2.75, 3.05) is 12.1 Å². The van der Waals surface area contributed by atoms with Gasteiger partial charge in [0.15, 0.2) is 11.5 Å². The van der Waals surface area contributed by atoms with E-state index in [0.29, 0.717) is 35.2 Å². The van der Waals surface area contributed by atoms with Crippen LogP contribution in [0.15, 0.2) is 42.5 Å². The van der Waals surface area contributed by atoms with Crippen molar-refractivity contribution in [2.24, 2.45) is 0 Å². The van der Waals surface area contributed by atoms with Gasteiger partial charge in [0.2, 0.25) is 17.7 Å². The zero-order chi connectivity index (χ0) is 20.9. The van der Waals surface area contributed by atoms with Gasteiger partial charge in [0.05, 0.1) is 0 Å². The number of aromatic nitrogens is 2. The SMILES string of the molecule is O=C(CCc1nnc(C(=O)Nc2ccc(F)cc2)s1)NCc1ccc2c(c1)OCO2. The fourth-order valence-corrected chi connectivity index (χ4v) is 3.46. The summed E-state index contributed by atoms with van der Waals surface area (Å²) < 4.78 is 23.5. The molecule has 1 aliphatic heterocycles. The predicted molar refractivity (Wildman–Crippen MR) is 107 cm³/mol. The number of amides is 2. The average Bonchev–Trinajstić information content (AvgIpc) is 3.41. The number of halogens is 1. The molecule has 1 aromatic heterocycles. The summed E-state index contributed by atoms with van der Waals surface area (Å²) in [5.74, 6) is 0.406. The van der Waals surface area contributed by atoms with E-state index in [2.05, 4.69) is 20.8 Å². The molecule has 154 valence electrons. The van der Waals surface area contributed by atoms with E-state index in [4.69, 9.17) is 9.47 Å². The van der Waals surface area contributed by atoms with Crippen LogP contribution in [0.25, 0.3) is 0 Å². The van der Waals surface area contributed by atoms with Crippen molar-refractivity contribution in [3.05, 3.63) is 63.9 Å². The van der Waals surface area contributed by atoms with Crippen molar-refractivity contribution in [3.8, 4) is 11.5 Å². The molecular weight excluding hydrogens is 411 g/mol. The van der Waals surface area contributed by atoms with Crippen LogP contribution in [0.5, 0.6) is 11.5 Å². The second kappa shape index (κ2) is 8.87. The average molecular weight is 428 g/mol. The van der Waals surface area contributed by atoms with Gasteiger partial charge in [-0.3, -0.25) is 9.59 Å². The van der Waals surface area contributed by atoms with E-state index in [1.165, 1.54) is 24.3 Å². The van der Waals surface area contributed by atoms with Crippen LogP contribution < -0.4 is 20.1 Å². The number of carbonyl (C=O) groups excluding carboxylic acids is 2. The smallest absolute Gasteiger partial charge is 0.286 e. The number of hydrogen-bond acceptors (Lipinski definition) is 7. The summed E-state index contributed by atoms with van der Waals surface area (Å²) in [5.41, 5.74) is 1.37. The number of fused-ring (bicyclic) bond motifs is 1. The van der Waals surface area contributed by atoms with E-state index in [1.807, 2.05) is 18.2 Å². The molecule has 2 heterocycles. The zero-order valence-corrected chi connectivity index (χ0v) is 16.5. The summed E-state index contributed by atoms with van der Waals surface area (Å²) in [6.07, 6.45) is 0.591. The first-order valence-electron chi connectivity index (χ1n) is 9.11. The number of carbonyl (C=O) groups is 2. The van der Waals surface area contributed by atoms with Crippen molar-refractivity contribution in [1.82, 2.24) is 15.5 Å². The third-order valence-electron chi connectivity index (χ3n) is 4.26. The van der Waals surface area contributed by atoms with Crippen molar-refractivity contribution >= 4 is 28.8 Å². The van der Waals surface area contributed by atoms with E-state index in [1.54, 1.807) is 0 Å². The van der Waals surface area contributed by atoms with E-state index in [-0.39, 0.29) is 29.9 Å². The molecule has 0 atom stereocenters. The van der Waals surface area contributed by atoms with Gasteiger partial charge < -0.3 is 20.1 Å². The molecule has 8 nitrogen and oxygen atoms in total. The number of nitrogens with zero attached hydrogens (tertiary/aromatic N) is 2. The minimum atomic E-state index is -0.433. The van der Waals surface area contributed by atoms with Crippen molar-refractivity contribution < 1.29 is 23.5 Å². The first-order chi connectivity index (χ1) is 14.6. The summed E-state index contributed by atoms with van der Waals surface area (Å²) in [6, 6.07) is 10.9. The van der Waals surface area contributed by atoms with E-state index >= 15 is 0 Å². The lowest BCUT2D eigenvalue weighted by atomic mass is 10.2. The molecule has 0 radical (unpaired) electrons.